The van der Waals surface area contributed by atoms with Crippen LogP contribution in [-0.2, 0) is 36.9 Å². The van der Waals surface area contributed by atoms with Crippen molar-refractivity contribution in [3.63, 3.8) is 0 Å². The molecule has 0 bridgehead atoms. The normalized spacial score (nSPS) is 17.6. The van der Waals surface area contributed by atoms with Crippen LogP contribution in [0, 0.1) is 6.92 Å². The molecule has 366 valence electrons. The van der Waals surface area contributed by atoms with Crippen molar-refractivity contribution in [1.82, 2.24) is 4.90 Å². The van der Waals surface area contributed by atoms with Gasteiger partial charge in [-0.05, 0) is 102 Å². The Labute approximate surface area is 426 Å². The lowest BCUT2D eigenvalue weighted by Gasteiger charge is -2.58. The second-order valence-corrected chi connectivity index (χ2v) is 20.2. The van der Waals surface area contributed by atoms with Gasteiger partial charge in [0, 0.05) is 58.9 Å². The SMILES string of the molecule is COc1ccc(-c2c3ccc(=O)cc-3oc3cc(OCc4ccc(OCC5=C(C(=O)OC(c6ccccc6)c6ccccc6)N6C(=O)[C@](CC(=O)Cc7ccccc7)(OC)[C@H]6SC56CC6)cc4)ccc23)c(C)c1. The van der Waals surface area contributed by atoms with Gasteiger partial charge in [-0.25, -0.2) is 4.79 Å². The summed E-state index contributed by atoms with van der Waals surface area (Å²) in [5, 5.41) is 0.225. The summed E-state index contributed by atoms with van der Waals surface area (Å²) in [6.07, 6.45) is 0.725. The van der Waals surface area contributed by atoms with Gasteiger partial charge < -0.3 is 28.1 Å². The highest BCUT2D eigenvalue weighted by Crippen LogP contribution is 2.65. The van der Waals surface area contributed by atoms with E-state index in [1.165, 1.54) is 18.1 Å². The average molecular weight is 990 g/mol. The van der Waals surface area contributed by atoms with E-state index in [0.29, 0.717) is 28.4 Å². The van der Waals surface area contributed by atoms with E-state index in [0.717, 1.165) is 68.5 Å². The van der Waals surface area contributed by atoms with Gasteiger partial charge in [0.05, 0.1) is 7.11 Å². The fraction of sp³-hybridized carbons (Fsp3) is 0.213. The molecule has 0 unspecified atom stereocenters. The molecule has 3 heterocycles. The highest BCUT2D eigenvalue weighted by atomic mass is 32.2. The van der Waals surface area contributed by atoms with Crippen molar-refractivity contribution in [2.75, 3.05) is 20.8 Å². The van der Waals surface area contributed by atoms with Crippen LogP contribution in [0.25, 0.3) is 33.4 Å². The molecule has 1 saturated heterocycles. The van der Waals surface area contributed by atoms with E-state index in [4.69, 9.17) is 28.1 Å². The van der Waals surface area contributed by atoms with Crippen LogP contribution in [-0.4, -0.2) is 59.1 Å². The Morgan fingerprint density at radius 2 is 1.34 bits per heavy atom. The predicted molar refractivity (Wildman–Crippen MR) is 280 cm³/mol. The standard InChI is InChI=1S/C61H51NO10S/c1-38-31-46(67-2)24-27-48(38)54-49-26-21-43(63)33-52(49)71-53-34-47(25-28-50(53)54)69-36-40-19-22-45(23-20-40)70-37-51-55(57(65)72-56(41-15-9-5-10-16-41)42-17-11-6-12-18-42)62-58(66)61(68-3,59(62)73-60(51)29-30-60)35-44(64)32-39-13-7-4-8-14-39/h4-28,31,33-34,56,59H,29-30,32,35-37H2,1-3H3/t59-,61+/m1/s1. The quantitative estimate of drug-likeness (QED) is 0.0491. The number of rotatable bonds is 17. The van der Waals surface area contributed by atoms with E-state index < -0.39 is 33.7 Å². The van der Waals surface area contributed by atoms with E-state index in [1.54, 1.807) is 31.0 Å². The monoisotopic (exact) mass is 989 g/mol. The van der Waals surface area contributed by atoms with Crippen LogP contribution < -0.4 is 19.6 Å². The minimum atomic E-state index is -1.46. The molecular formula is C61H51NO10S. The molecule has 73 heavy (non-hydrogen) atoms. The first kappa shape index (κ1) is 47.4. The summed E-state index contributed by atoms with van der Waals surface area (Å²) in [6.45, 7) is 2.29. The van der Waals surface area contributed by atoms with Gasteiger partial charge in [-0.1, -0.05) is 109 Å². The Bertz CT molecular complexity index is 3400. The molecule has 2 aliphatic carbocycles. The molecule has 6 aromatic rings. The van der Waals surface area contributed by atoms with Crippen LogP contribution in [0.2, 0.25) is 0 Å². The van der Waals surface area contributed by atoms with Crippen LogP contribution in [0.1, 0.15) is 53.2 Å². The van der Waals surface area contributed by atoms with Crippen molar-refractivity contribution >= 4 is 40.4 Å². The summed E-state index contributed by atoms with van der Waals surface area (Å²) in [5.74, 6) is 1.12. The first-order chi connectivity index (χ1) is 35.6. The van der Waals surface area contributed by atoms with Crippen molar-refractivity contribution in [1.29, 1.82) is 0 Å². The van der Waals surface area contributed by atoms with Crippen LogP contribution >= 0.6 is 11.8 Å². The third-order valence-electron chi connectivity index (χ3n) is 14.1. The highest BCUT2D eigenvalue weighted by molar-refractivity contribution is 8.02. The zero-order valence-electron chi connectivity index (χ0n) is 40.5. The Morgan fingerprint density at radius 3 is 2.00 bits per heavy atom. The van der Waals surface area contributed by atoms with E-state index in [1.807, 2.05) is 159 Å². The minimum absolute atomic E-state index is 0.0131. The minimum Gasteiger partial charge on any atom is -0.497 e. The first-order valence-electron chi connectivity index (χ1n) is 24.2. The van der Waals surface area contributed by atoms with Gasteiger partial charge >= 0.3 is 5.97 Å². The highest BCUT2D eigenvalue weighted by Gasteiger charge is 2.71. The summed E-state index contributed by atoms with van der Waals surface area (Å²) in [6, 6.07) is 52.5. The Balaban J connectivity index is 0.855. The molecule has 0 radical (unpaired) electrons. The van der Waals surface area contributed by atoms with E-state index >= 15 is 4.79 Å². The molecule has 11 nitrogen and oxygen atoms in total. The smallest absolute Gasteiger partial charge is 0.356 e. The number of β-lactam (4-membered cyclic amide) rings is 1. The third-order valence-corrected chi connectivity index (χ3v) is 16.0. The number of aryl methyl sites for hydroxylation is 1. The molecule has 0 aromatic heterocycles. The Kier molecular flexibility index (Phi) is 12.7. The van der Waals surface area contributed by atoms with Gasteiger partial charge in [0.15, 0.2) is 17.1 Å². The summed E-state index contributed by atoms with van der Waals surface area (Å²) in [5.41, 5.74) is 6.82. The number of carbonyl (C=O) groups excluding carboxylic acids is 3. The van der Waals surface area contributed by atoms with Gasteiger partial charge in [-0.15, -0.1) is 11.8 Å². The zero-order chi connectivity index (χ0) is 50.3. The molecule has 5 aliphatic rings. The third kappa shape index (κ3) is 9.06. The summed E-state index contributed by atoms with van der Waals surface area (Å²) >= 11 is 1.56. The fourth-order valence-electron chi connectivity index (χ4n) is 10.2. The summed E-state index contributed by atoms with van der Waals surface area (Å²) in [7, 11) is 3.11. The molecule has 1 amide bonds. The van der Waals surface area contributed by atoms with Crippen LogP contribution in [0.15, 0.2) is 190 Å². The molecule has 6 aromatic carbocycles. The second-order valence-electron chi connectivity index (χ2n) is 18.7. The van der Waals surface area contributed by atoms with Crippen LogP contribution in [0.3, 0.4) is 0 Å². The van der Waals surface area contributed by atoms with Gasteiger partial charge in [0.1, 0.15) is 58.7 Å². The molecule has 11 rings (SSSR count). The number of hydrogen-bond acceptors (Lipinski definition) is 11. The molecule has 2 atom stereocenters. The average Bonchev–Trinajstić information content (AvgIpc) is 4.20. The first-order valence-corrected chi connectivity index (χ1v) is 25.1. The maximum absolute atomic E-state index is 15.0. The number of Topliss-reactive ketones (excluding diaryl/α,β-unsaturated/α-hetero) is 1. The lowest BCUT2D eigenvalue weighted by atomic mass is 9.83. The fourth-order valence-corrected chi connectivity index (χ4v) is 12.0. The molecule has 2 fully saturated rings. The summed E-state index contributed by atoms with van der Waals surface area (Å²) < 4.78 is 36.6. The largest absolute Gasteiger partial charge is 0.497 e. The number of esters is 1. The van der Waals surface area contributed by atoms with Crippen molar-refractivity contribution < 1.29 is 42.5 Å². The van der Waals surface area contributed by atoms with E-state index in [2.05, 4.69) is 0 Å². The lowest BCUT2D eigenvalue weighted by molar-refractivity contribution is -0.187. The van der Waals surface area contributed by atoms with Gasteiger partial charge in [0.2, 0.25) is 0 Å². The molecular weight excluding hydrogens is 939 g/mol. The van der Waals surface area contributed by atoms with Gasteiger partial charge in [-0.3, -0.25) is 19.3 Å². The lowest BCUT2D eigenvalue weighted by Crippen LogP contribution is -2.75. The molecule has 1 saturated carbocycles. The molecule has 3 aliphatic heterocycles. The second kappa shape index (κ2) is 19.6. The van der Waals surface area contributed by atoms with Gasteiger partial charge in [0.25, 0.3) is 5.91 Å². The predicted octanol–water partition coefficient (Wildman–Crippen LogP) is 11.5. The molecule has 1 spiro atoms. The number of hydrogen-bond donors (Lipinski definition) is 0. The van der Waals surface area contributed by atoms with Crippen LogP contribution in [0.4, 0.5) is 0 Å². The number of thioether (sulfide) groups is 1. The van der Waals surface area contributed by atoms with E-state index in [9.17, 15) is 14.4 Å². The molecule has 12 heteroatoms. The van der Waals surface area contributed by atoms with Crippen molar-refractivity contribution in [3.8, 4) is 39.7 Å². The van der Waals surface area contributed by atoms with Gasteiger partial charge in [-0.2, -0.15) is 0 Å². The number of nitrogens with zero attached hydrogens (tertiary/aromatic N) is 1. The van der Waals surface area contributed by atoms with Crippen molar-refractivity contribution in [2.45, 2.75) is 61.0 Å². The number of carbonyl (C=O) groups is 3. The van der Waals surface area contributed by atoms with Crippen molar-refractivity contribution in [2.24, 2.45) is 0 Å². The number of fused-ring (bicyclic) bond motifs is 3. The zero-order valence-corrected chi connectivity index (χ0v) is 41.3. The Hall–Kier alpha value is -7.93. The number of methoxy groups -OCH3 is 2. The maximum atomic E-state index is 15.0. The summed E-state index contributed by atoms with van der Waals surface area (Å²) in [4.78, 5) is 57.3. The topological polar surface area (TPSA) is 131 Å². The molecule has 0 N–H and O–H groups in total. The van der Waals surface area contributed by atoms with Crippen molar-refractivity contribution in [3.05, 3.63) is 219 Å². The van der Waals surface area contributed by atoms with E-state index in [-0.39, 0.29) is 43.0 Å². The maximum Gasteiger partial charge on any atom is 0.356 e. The van der Waals surface area contributed by atoms with Crippen LogP contribution in [0.5, 0.6) is 17.2 Å². The number of amides is 1. The Morgan fingerprint density at radius 1 is 0.699 bits per heavy atom. The number of ketones is 1. The number of benzene rings is 7. The number of ether oxygens (including phenoxy) is 5.